The first kappa shape index (κ1) is 12.3. The molecule has 0 aliphatic carbocycles. The molecule has 0 saturated heterocycles. The lowest BCUT2D eigenvalue weighted by atomic mass is 10.3. The molecule has 0 unspecified atom stereocenters. The van der Waals surface area contributed by atoms with Gasteiger partial charge in [0.15, 0.2) is 5.69 Å². The zero-order valence-electron chi connectivity index (χ0n) is 9.55. The summed E-state index contributed by atoms with van der Waals surface area (Å²) in [5.41, 5.74) is 0.999. The van der Waals surface area contributed by atoms with Gasteiger partial charge in [0, 0.05) is 10.7 Å². The van der Waals surface area contributed by atoms with E-state index in [2.05, 4.69) is 20.0 Å². The summed E-state index contributed by atoms with van der Waals surface area (Å²) >= 11 is 5.78. The molecule has 0 fully saturated rings. The molecule has 0 saturated carbocycles. The van der Waals surface area contributed by atoms with Crippen LogP contribution < -0.4 is 5.32 Å². The zero-order chi connectivity index (χ0) is 13.0. The van der Waals surface area contributed by atoms with Crippen molar-refractivity contribution in [3.8, 4) is 0 Å². The maximum Gasteiger partial charge on any atom is 0.358 e. The maximum atomic E-state index is 11.2. The number of aromatic nitrogens is 2. The molecule has 5 nitrogen and oxygen atoms in total. The summed E-state index contributed by atoms with van der Waals surface area (Å²) in [5.74, 6) is 0.0190. The molecule has 6 heteroatoms. The molecule has 0 radical (unpaired) electrons. The minimum atomic E-state index is -0.513. The van der Waals surface area contributed by atoms with Crippen LogP contribution >= 0.6 is 11.6 Å². The molecule has 0 spiro atoms. The average molecular weight is 264 g/mol. The number of nitrogens with zero attached hydrogens (tertiary/aromatic N) is 2. The molecule has 1 aromatic carbocycles. The predicted octanol–water partition coefficient (Wildman–Crippen LogP) is 2.66. The number of benzene rings is 1. The normalized spacial score (nSPS) is 9.89. The van der Waals surface area contributed by atoms with Gasteiger partial charge < -0.3 is 10.1 Å². The van der Waals surface area contributed by atoms with Gasteiger partial charge in [-0.2, -0.15) is 0 Å². The smallest absolute Gasteiger partial charge is 0.358 e. The number of anilines is 2. The first-order chi connectivity index (χ1) is 8.69. The van der Waals surface area contributed by atoms with Crippen molar-refractivity contribution in [3.05, 3.63) is 47.4 Å². The van der Waals surface area contributed by atoms with Crippen molar-refractivity contribution in [2.45, 2.75) is 0 Å². The Morgan fingerprint density at radius 2 is 1.94 bits per heavy atom. The summed E-state index contributed by atoms with van der Waals surface area (Å²) in [6.07, 6.45) is 2.81. The van der Waals surface area contributed by atoms with Crippen molar-refractivity contribution < 1.29 is 9.53 Å². The van der Waals surface area contributed by atoms with Gasteiger partial charge in [-0.3, -0.25) is 0 Å². The Kier molecular flexibility index (Phi) is 3.74. The van der Waals surface area contributed by atoms with E-state index in [9.17, 15) is 4.79 Å². The molecule has 0 amide bonds. The molecule has 0 atom stereocenters. The van der Waals surface area contributed by atoms with Crippen LogP contribution in [-0.4, -0.2) is 23.0 Å². The lowest BCUT2D eigenvalue weighted by Gasteiger charge is -2.05. The van der Waals surface area contributed by atoms with Crippen molar-refractivity contribution >= 4 is 29.1 Å². The number of nitrogens with one attached hydrogen (secondary N) is 1. The van der Waals surface area contributed by atoms with Crippen molar-refractivity contribution in [3.63, 3.8) is 0 Å². The monoisotopic (exact) mass is 263 g/mol. The fraction of sp³-hybridized carbons (Fsp3) is 0.0833. The Labute approximate surface area is 109 Å². The minimum Gasteiger partial charge on any atom is -0.464 e. The molecule has 1 N–H and O–H groups in total. The maximum absolute atomic E-state index is 11.2. The Morgan fingerprint density at radius 1 is 1.22 bits per heavy atom. The number of carbonyl (C=O) groups excluding carboxylic acids is 1. The van der Waals surface area contributed by atoms with Gasteiger partial charge in [0.2, 0.25) is 0 Å². The fourth-order valence-corrected chi connectivity index (χ4v) is 1.41. The second-order valence-electron chi connectivity index (χ2n) is 3.41. The van der Waals surface area contributed by atoms with E-state index in [1.165, 1.54) is 19.5 Å². The summed E-state index contributed by atoms with van der Waals surface area (Å²) in [6, 6.07) is 7.16. The van der Waals surface area contributed by atoms with E-state index in [-0.39, 0.29) is 5.69 Å². The summed E-state index contributed by atoms with van der Waals surface area (Å²) in [7, 11) is 1.30. The molecule has 1 heterocycles. The summed E-state index contributed by atoms with van der Waals surface area (Å²) in [6.45, 7) is 0. The molecule has 0 bridgehead atoms. The molecular weight excluding hydrogens is 254 g/mol. The lowest BCUT2D eigenvalue weighted by molar-refractivity contribution is 0.0593. The third-order valence-corrected chi connectivity index (χ3v) is 2.41. The van der Waals surface area contributed by atoms with Gasteiger partial charge in [0.25, 0.3) is 0 Å². The number of halogens is 1. The molecule has 2 rings (SSSR count). The minimum absolute atomic E-state index is 0.166. The topological polar surface area (TPSA) is 64.1 Å². The van der Waals surface area contributed by atoms with E-state index in [1.807, 2.05) is 12.1 Å². The Hall–Kier alpha value is -2.14. The van der Waals surface area contributed by atoms with Crippen LogP contribution in [0, 0.1) is 0 Å². The number of methoxy groups -OCH3 is 1. The number of esters is 1. The number of rotatable bonds is 3. The Bertz CT molecular complexity index is 540. The van der Waals surface area contributed by atoms with E-state index < -0.39 is 5.97 Å². The van der Waals surface area contributed by atoms with E-state index in [1.54, 1.807) is 12.1 Å². The first-order valence-corrected chi connectivity index (χ1v) is 5.50. The fourth-order valence-electron chi connectivity index (χ4n) is 1.28. The van der Waals surface area contributed by atoms with E-state index in [0.29, 0.717) is 10.8 Å². The van der Waals surface area contributed by atoms with Crippen LogP contribution in [0.1, 0.15) is 10.5 Å². The predicted molar refractivity (Wildman–Crippen MR) is 68.1 cm³/mol. The third kappa shape index (κ3) is 2.95. The van der Waals surface area contributed by atoms with Crippen LogP contribution in [-0.2, 0) is 4.74 Å². The van der Waals surface area contributed by atoms with Gasteiger partial charge in [-0.1, -0.05) is 11.6 Å². The van der Waals surface area contributed by atoms with Crippen LogP contribution in [0.3, 0.4) is 0 Å². The molecule has 92 valence electrons. The van der Waals surface area contributed by atoms with Crippen LogP contribution in [0.5, 0.6) is 0 Å². The number of hydrogen-bond acceptors (Lipinski definition) is 5. The summed E-state index contributed by atoms with van der Waals surface area (Å²) in [4.78, 5) is 19.2. The molecule has 2 aromatic rings. The average Bonchev–Trinajstić information content (AvgIpc) is 2.41. The number of hydrogen-bond donors (Lipinski definition) is 1. The van der Waals surface area contributed by atoms with Gasteiger partial charge in [-0.05, 0) is 24.3 Å². The lowest BCUT2D eigenvalue weighted by Crippen LogP contribution is -2.05. The SMILES string of the molecule is COC(=O)c1cnc(Nc2ccc(Cl)cc2)cn1. The van der Waals surface area contributed by atoms with E-state index in [0.717, 1.165) is 5.69 Å². The highest BCUT2D eigenvalue weighted by atomic mass is 35.5. The Balaban J connectivity index is 2.10. The number of carbonyl (C=O) groups is 1. The summed E-state index contributed by atoms with van der Waals surface area (Å²) < 4.78 is 4.53. The van der Waals surface area contributed by atoms with Gasteiger partial charge in [0.1, 0.15) is 5.82 Å². The van der Waals surface area contributed by atoms with Crippen molar-refractivity contribution in [1.82, 2.24) is 9.97 Å². The van der Waals surface area contributed by atoms with Crippen LogP contribution in [0.2, 0.25) is 5.02 Å². The van der Waals surface area contributed by atoms with Crippen LogP contribution in [0.25, 0.3) is 0 Å². The van der Waals surface area contributed by atoms with Gasteiger partial charge in [-0.25, -0.2) is 14.8 Å². The summed E-state index contributed by atoms with van der Waals surface area (Å²) in [5, 5.41) is 3.69. The largest absolute Gasteiger partial charge is 0.464 e. The highest BCUT2D eigenvalue weighted by Crippen LogP contribution is 2.16. The highest BCUT2D eigenvalue weighted by molar-refractivity contribution is 6.30. The molecule has 1 aromatic heterocycles. The third-order valence-electron chi connectivity index (χ3n) is 2.16. The van der Waals surface area contributed by atoms with E-state index in [4.69, 9.17) is 11.6 Å². The Morgan fingerprint density at radius 3 is 2.50 bits per heavy atom. The van der Waals surface area contributed by atoms with Crippen molar-refractivity contribution in [1.29, 1.82) is 0 Å². The van der Waals surface area contributed by atoms with Crippen molar-refractivity contribution in [2.24, 2.45) is 0 Å². The van der Waals surface area contributed by atoms with Gasteiger partial charge in [0.05, 0.1) is 19.5 Å². The van der Waals surface area contributed by atoms with Crippen LogP contribution in [0.4, 0.5) is 11.5 Å². The number of ether oxygens (including phenoxy) is 1. The molecule has 18 heavy (non-hydrogen) atoms. The molecular formula is C12H10ClN3O2. The van der Waals surface area contributed by atoms with Crippen molar-refractivity contribution in [2.75, 3.05) is 12.4 Å². The zero-order valence-corrected chi connectivity index (χ0v) is 10.3. The second kappa shape index (κ2) is 5.46. The quantitative estimate of drug-likeness (QED) is 0.863. The highest BCUT2D eigenvalue weighted by Gasteiger charge is 2.07. The van der Waals surface area contributed by atoms with Crippen LogP contribution in [0.15, 0.2) is 36.7 Å². The molecule has 0 aliphatic heterocycles. The first-order valence-electron chi connectivity index (χ1n) is 5.12. The standard InChI is InChI=1S/C12H10ClN3O2/c1-18-12(17)10-6-15-11(7-14-10)16-9-4-2-8(13)3-5-9/h2-7H,1H3,(H,15,16). The molecule has 0 aliphatic rings. The second-order valence-corrected chi connectivity index (χ2v) is 3.85. The van der Waals surface area contributed by atoms with E-state index >= 15 is 0 Å². The van der Waals surface area contributed by atoms with Gasteiger partial charge >= 0.3 is 5.97 Å². The van der Waals surface area contributed by atoms with Gasteiger partial charge in [-0.15, -0.1) is 0 Å².